The fraction of sp³-hybridized carbons (Fsp3) is 0.895. The molecule has 0 aromatic rings. The number of hydrogen-bond donors (Lipinski definition) is 3. The van der Waals surface area contributed by atoms with Gasteiger partial charge in [-0.1, -0.05) is 34.6 Å². The van der Waals surface area contributed by atoms with Crippen LogP contribution in [0.15, 0.2) is 0 Å². The largest absolute Gasteiger partial charge is 0.481 e. The summed E-state index contributed by atoms with van der Waals surface area (Å²) in [5.41, 5.74) is -2.10. The molecule has 1 unspecified atom stereocenters. The van der Waals surface area contributed by atoms with E-state index in [1.165, 1.54) is 0 Å². The van der Waals surface area contributed by atoms with Crippen LogP contribution in [-0.4, -0.2) is 32.9 Å². The summed E-state index contributed by atoms with van der Waals surface area (Å²) in [5.74, 6) is -2.20. The molecule has 0 saturated heterocycles. The maximum Gasteiger partial charge on any atom is 0.307 e. The van der Waals surface area contributed by atoms with Crippen molar-refractivity contribution < 1.29 is 24.9 Å². The van der Waals surface area contributed by atoms with Crippen molar-refractivity contribution in [2.75, 3.05) is 0 Å². The normalized spacial score (nSPS) is 42.6. The third kappa shape index (κ3) is 2.47. The standard InChI is InChI=1S/C19H32O5/c1-12-17(4,16(2,3)8-7-14(20)21)10-11-18(5)13(15(22)23)6-9-19(12,18)24/h12-13,24H,6-11H2,1-5H3,(H,20,21)(H,22,23)/t12?,13-,17+,18-,19-/m1/s1. The van der Waals surface area contributed by atoms with Crippen molar-refractivity contribution in [1.29, 1.82) is 0 Å². The summed E-state index contributed by atoms with van der Waals surface area (Å²) >= 11 is 0. The highest BCUT2D eigenvalue weighted by atomic mass is 16.4. The van der Waals surface area contributed by atoms with Crippen molar-refractivity contribution in [3.05, 3.63) is 0 Å². The van der Waals surface area contributed by atoms with Gasteiger partial charge < -0.3 is 15.3 Å². The second-order valence-corrected chi connectivity index (χ2v) is 9.19. The Morgan fingerprint density at radius 3 is 2.21 bits per heavy atom. The lowest BCUT2D eigenvalue weighted by Crippen LogP contribution is -2.62. The Bertz CT molecular complexity index is 542. The van der Waals surface area contributed by atoms with Crippen LogP contribution in [0.5, 0.6) is 0 Å². The molecule has 2 saturated carbocycles. The van der Waals surface area contributed by atoms with E-state index in [2.05, 4.69) is 20.8 Å². The molecule has 5 heteroatoms. The number of carboxylic acids is 2. The third-order valence-corrected chi connectivity index (χ3v) is 8.22. The minimum Gasteiger partial charge on any atom is -0.481 e. The number of aliphatic hydroxyl groups is 1. The minimum atomic E-state index is -1.01. The summed E-state index contributed by atoms with van der Waals surface area (Å²) in [6.07, 6.45) is 3.16. The van der Waals surface area contributed by atoms with E-state index in [4.69, 9.17) is 5.11 Å². The van der Waals surface area contributed by atoms with E-state index >= 15 is 0 Å². The second kappa shape index (κ2) is 5.72. The van der Waals surface area contributed by atoms with Crippen molar-refractivity contribution in [2.45, 2.75) is 78.7 Å². The van der Waals surface area contributed by atoms with Crippen LogP contribution in [0.4, 0.5) is 0 Å². The summed E-state index contributed by atoms with van der Waals surface area (Å²) in [6.45, 7) is 10.3. The van der Waals surface area contributed by atoms with Crippen LogP contribution in [0.25, 0.3) is 0 Å². The molecule has 2 aliphatic carbocycles. The van der Waals surface area contributed by atoms with Crippen molar-refractivity contribution in [2.24, 2.45) is 28.1 Å². The maximum absolute atomic E-state index is 11.7. The molecule has 2 aliphatic rings. The van der Waals surface area contributed by atoms with Crippen molar-refractivity contribution in [1.82, 2.24) is 0 Å². The van der Waals surface area contributed by atoms with E-state index in [1.54, 1.807) is 0 Å². The lowest BCUT2D eigenvalue weighted by Gasteiger charge is -2.62. The lowest BCUT2D eigenvalue weighted by molar-refractivity contribution is -0.208. The highest BCUT2D eigenvalue weighted by Crippen LogP contribution is 2.68. The monoisotopic (exact) mass is 340 g/mol. The van der Waals surface area contributed by atoms with E-state index < -0.39 is 28.9 Å². The van der Waals surface area contributed by atoms with Crippen LogP contribution >= 0.6 is 0 Å². The van der Waals surface area contributed by atoms with Gasteiger partial charge in [0.2, 0.25) is 0 Å². The molecule has 0 amide bonds. The van der Waals surface area contributed by atoms with Gasteiger partial charge in [-0.2, -0.15) is 0 Å². The molecule has 0 radical (unpaired) electrons. The van der Waals surface area contributed by atoms with Crippen LogP contribution in [0.2, 0.25) is 0 Å². The quantitative estimate of drug-likeness (QED) is 0.711. The molecule has 0 aliphatic heterocycles. The fourth-order valence-electron chi connectivity index (χ4n) is 5.66. The topological polar surface area (TPSA) is 94.8 Å². The number of carboxylic acid groups (broad SMARTS) is 2. The van der Waals surface area contributed by atoms with Crippen molar-refractivity contribution in [3.63, 3.8) is 0 Å². The van der Waals surface area contributed by atoms with E-state index in [0.29, 0.717) is 25.7 Å². The molecule has 5 nitrogen and oxygen atoms in total. The summed E-state index contributed by atoms with van der Waals surface area (Å²) in [4.78, 5) is 22.7. The van der Waals surface area contributed by atoms with Crippen molar-refractivity contribution in [3.8, 4) is 0 Å². The first-order valence-electron chi connectivity index (χ1n) is 8.99. The van der Waals surface area contributed by atoms with Gasteiger partial charge in [0.25, 0.3) is 0 Å². The predicted molar refractivity (Wildman–Crippen MR) is 90.6 cm³/mol. The van der Waals surface area contributed by atoms with Gasteiger partial charge in [0.1, 0.15) is 0 Å². The molecule has 0 spiro atoms. The third-order valence-electron chi connectivity index (χ3n) is 8.22. The Hall–Kier alpha value is -1.10. The zero-order chi connectivity index (χ0) is 18.6. The van der Waals surface area contributed by atoms with Crippen molar-refractivity contribution >= 4 is 11.9 Å². The smallest absolute Gasteiger partial charge is 0.307 e. The molecule has 0 bridgehead atoms. The molecule has 2 rings (SSSR count). The Balaban J connectivity index is 2.36. The number of carbonyl (C=O) groups is 2. The first-order valence-corrected chi connectivity index (χ1v) is 8.99. The van der Waals surface area contributed by atoms with Gasteiger partial charge in [-0.25, -0.2) is 0 Å². The number of rotatable bonds is 5. The number of aliphatic carboxylic acids is 2. The van der Waals surface area contributed by atoms with E-state index in [-0.39, 0.29) is 23.2 Å². The molecule has 0 aromatic heterocycles. The molecular weight excluding hydrogens is 308 g/mol. The van der Waals surface area contributed by atoms with Crippen LogP contribution in [0.1, 0.15) is 73.1 Å². The first kappa shape index (κ1) is 19.2. The highest BCUT2D eigenvalue weighted by Gasteiger charge is 2.68. The van der Waals surface area contributed by atoms with E-state index in [0.717, 1.165) is 6.42 Å². The molecule has 3 N–H and O–H groups in total. The molecule has 0 heterocycles. The number of hydrogen-bond acceptors (Lipinski definition) is 3. The van der Waals surface area contributed by atoms with Crippen LogP contribution in [0, 0.1) is 28.1 Å². The lowest BCUT2D eigenvalue weighted by atomic mass is 9.44. The molecular formula is C19H32O5. The zero-order valence-corrected chi connectivity index (χ0v) is 15.6. The Morgan fingerprint density at radius 1 is 1.12 bits per heavy atom. The predicted octanol–water partition coefficient (Wildman–Crippen LogP) is 3.55. The summed E-state index contributed by atoms with van der Waals surface area (Å²) in [6, 6.07) is 0. The molecule has 5 atom stereocenters. The summed E-state index contributed by atoms with van der Waals surface area (Å²) in [5, 5.41) is 30.2. The van der Waals surface area contributed by atoms with Crippen LogP contribution in [0.3, 0.4) is 0 Å². The summed E-state index contributed by atoms with van der Waals surface area (Å²) in [7, 11) is 0. The molecule has 24 heavy (non-hydrogen) atoms. The van der Waals surface area contributed by atoms with E-state index in [1.807, 2.05) is 13.8 Å². The van der Waals surface area contributed by atoms with E-state index in [9.17, 15) is 19.8 Å². The van der Waals surface area contributed by atoms with Gasteiger partial charge in [-0.05, 0) is 48.9 Å². The van der Waals surface area contributed by atoms with Gasteiger partial charge in [0.15, 0.2) is 0 Å². The fourth-order valence-corrected chi connectivity index (χ4v) is 5.66. The number of fused-ring (bicyclic) bond motifs is 1. The Kier molecular flexibility index (Phi) is 4.58. The average Bonchev–Trinajstić information content (AvgIpc) is 2.75. The van der Waals surface area contributed by atoms with Crippen LogP contribution in [-0.2, 0) is 9.59 Å². The zero-order valence-electron chi connectivity index (χ0n) is 15.6. The van der Waals surface area contributed by atoms with Gasteiger partial charge in [-0.15, -0.1) is 0 Å². The van der Waals surface area contributed by atoms with Crippen LogP contribution < -0.4 is 0 Å². The average molecular weight is 340 g/mol. The Morgan fingerprint density at radius 2 is 1.71 bits per heavy atom. The maximum atomic E-state index is 11.7. The first-order chi connectivity index (χ1) is 10.8. The minimum absolute atomic E-state index is 0.0862. The van der Waals surface area contributed by atoms with Gasteiger partial charge >= 0.3 is 11.9 Å². The van der Waals surface area contributed by atoms with Gasteiger partial charge in [-0.3, -0.25) is 9.59 Å². The molecule has 138 valence electrons. The SMILES string of the molecule is CC1[C@@](C)(C(C)(C)CCC(=O)O)CC[C@]2(C)[C@@H](C(=O)O)CC[C@@]12O. The van der Waals surface area contributed by atoms with Gasteiger partial charge in [0.05, 0.1) is 11.5 Å². The summed E-state index contributed by atoms with van der Waals surface area (Å²) < 4.78 is 0. The molecule has 0 aromatic carbocycles. The second-order valence-electron chi connectivity index (χ2n) is 9.19. The van der Waals surface area contributed by atoms with Gasteiger partial charge in [0, 0.05) is 11.8 Å². The Labute approximate surface area is 144 Å². The molecule has 2 fully saturated rings. The highest BCUT2D eigenvalue weighted by molar-refractivity contribution is 5.72.